The third kappa shape index (κ3) is 5.07. The molecule has 1 unspecified atom stereocenters. The van der Waals surface area contributed by atoms with E-state index in [9.17, 15) is 19.7 Å². The lowest BCUT2D eigenvalue weighted by atomic mass is 9.94. The standard InChI is InChI=1S/C22H22ClN3O7/c1-13-19(21(27)33-11-10-31-2)20(14-4-9-17(23)18(12-14)26(29)30)24-22(28)25(13)15-5-7-16(32-3)8-6-15/h4-9,12,20H,10-11H2,1-3H3,(H,24,28). The van der Waals surface area contributed by atoms with Gasteiger partial charge >= 0.3 is 12.0 Å². The van der Waals surface area contributed by atoms with Crippen LogP contribution in [-0.2, 0) is 14.3 Å². The number of nitro benzene ring substituents is 1. The normalized spacial score (nSPS) is 15.8. The number of halogens is 1. The van der Waals surface area contributed by atoms with Crippen LogP contribution in [0.15, 0.2) is 53.7 Å². The van der Waals surface area contributed by atoms with E-state index < -0.39 is 23.0 Å². The van der Waals surface area contributed by atoms with E-state index in [1.807, 2.05) is 0 Å². The van der Waals surface area contributed by atoms with E-state index in [0.717, 1.165) is 0 Å². The summed E-state index contributed by atoms with van der Waals surface area (Å²) in [4.78, 5) is 38.2. The van der Waals surface area contributed by atoms with Crippen LogP contribution in [0, 0.1) is 10.1 Å². The minimum Gasteiger partial charge on any atom is -0.497 e. The van der Waals surface area contributed by atoms with Gasteiger partial charge in [0, 0.05) is 18.9 Å². The van der Waals surface area contributed by atoms with Crippen molar-refractivity contribution in [1.29, 1.82) is 0 Å². The van der Waals surface area contributed by atoms with Crippen LogP contribution in [0.4, 0.5) is 16.2 Å². The van der Waals surface area contributed by atoms with E-state index in [0.29, 0.717) is 22.7 Å². The molecule has 0 saturated heterocycles. The fraction of sp³-hybridized carbons (Fsp3) is 0.273. The molecule has 10 nitrogen and oxygen atoms in total. The van der Waals surface area contributed by atoms with E-state index in [1.54, 1.807) is 31.2 Å². The van der Waals surface area contributed by atoms with Gasteiger partial charge in [0.15, 0.2) is 0 Å². The first-order valence-corrected chi connectivity index (χ1v) is 10.2. The van der Waals surface area contributed by atoms with Gasteiger partial charge in [0.1, 0.15) is 17.4 Å². The minimum absolute atomic E-state index is 0.00389. The van der Waals surface area contributed by atoms with Gasteiger partial charge in [0.05, 0.1) is 35.9 Å². The highest BCUT2D eigenvalue weighted by Crippen LogP contribution is 2.37. The van der Waals surface area contributed by atoms with Crippen molar-refractivity contribution in [1.82, 2.24) is 5.32 Å². The first-order chi connectivity index (χ1) is 15.8. The zero-order valence-corrected chi connectivity index (χ0v) is 18.9. The fourth-order valence-electron chi connectivity index (χ4n) is 3.44. The Morgan fingerprint density at radius 3 is 2.48 bits per heavy atom. The largest absolute Gasteiger partial charge is 0.497 e. The van der Waals surface area contributed by atoms with Gasteiger partial charge in [-0.05, 0) is 42.8 Å². The molecule has 3 rings (SSSR count). The molecule has 33 heavy (non-hydrogen) atoms. The first kappa shape index (κ1) is 24.0. The average Bonchev–Trinajstić information content (AvgIpc) is 2.79. The lowest BCUT2D eigenvalue weighted by molar-refractivity contribution is -0.384. The Morgan fingerprint density at radius 1 is 1.18 bits per heavy atom. The number of nitro groups is 1. The Hall–Kier alpha value is -3.63. The predicted molar refractivity (Wildman–Crippen MR) is 120 cm³/mol. The van der Waals surface area contributed by atoms with Gasteiger partial charge in [0.2, 0.25) is 0 Å². The summed E-state index contributed by atoms with van der Waals surface area (Å²) in [5.41, 5.74) is 0.901. The molecule has 2 aromatic rings. The van der Waals surface area contributed by atoms with E-state index in [2.05, 4.69) is 5.32 Å². The summed E-state index contributed by atoms with van der Waals surface area (Å²) in [6.45, 7) is 1.78. The molecule has 0 radical (unpaired) electrons. The molecule has 1 N–H and O–H groups in total. The van der Waals surface area contributed by atoms with Crippen LogP contribution in [0.25, 0.3) is 0 Å². The Labute approximate surface area is 194 Å². The molecular weight excluding hydrogens is 454 g/mol. The van der Waals surface area contributed by atoms with Crippen molar-refractivity contribution in [3.8, 4) is 5.75 Å². The summed E-state index contributed by atoms with van der Waals surface area (Å²) < 4.78 is 15.4. The van der Waals surface area contributed by atoms with Gasteiger partial charge in [-0.1, -0.05) is 17.7 Å². The van der Waals surface area contributed by atoms with Gasteiger partial charge in [0.25, 0.3) is 5.69 Å². The maximum atomic E-state index is 13.1. The summed E-state index contributed by atoms with van der Waals surface area (Å²) in [6, 6.07) is 9.28. The number of urea groups is 1. The third-order valence-corrected chi connectivity index (χ3v) is 5.38. The number of carbonyl (C=O) groups is 2. The highest BCUT2D eigenvalue weighted by atomic mass is 35.5. The first-order valence-electron chi connectivity index (χ1n) is 9.83. The maximum absolute atomic E-state index is 13.1. The molecule has 0 fully saturated rings. The molecule has 174 valence electrons. The molecule has 0 aliphatic carbocycles. The molecule has 1 atom stereocenters. The van der Waals surface area contributed by atoms with Crippen LogP contribution in [0.3, 0.4) is 0 Å². The minimum atomic E-state index is -0.988. The van der Waals surface area contributed by atoms with Crippen LogP contribution in [0.2, 0.25) is 5.02 Å². The molecular formula is C22H22ClN3O7. The number of benzene rings is 2. The molecule has 0 spiro atoms. The van der Waals surface area contributed by atoms with E-state index >= 15 is 0 Å². The highest BCUT2D eigenvalue weighted by Gasteiger charge is 2.38. The van der Waals surface area contributed by atoms with Gasteiger partial charge in [-0.25, -0.2) is 9.59 Å². The van der Waals surface area contributed by atoms with Crippen molar-refractivity contribution in [2.75, 3.05) is 32.3 Å². The van der Waals surface area contributed by atoms with Crippen molar-refractivity contribution in [3.05, 3.63) is 74.4 Å². The van der Waals surface area contributed by atoms with E-state index in [-0.39, 0.29) is 29.5 Å². The Kier molecular flexibility index (Phi) is 7.52. The molecule has 1 heterocycles. The number of nitrogens with zero attached hydrogens (tertiary/aromatic N) is 2. The molecule has 11 heteroatoms. The van der Waals surface area contributed by atoms with Crippen molar-refractivity contribution >= 4 is 35.0 Å². The van der Waals surface area contributed by atoms with Gasteiger partial charge in [-0.15, -0.1) is 0 Å². The van der Waals surface area contributed by atoms with Crippen molar-refractivity contribution in [3.63, 3.8) is 0 Å². The zero-order valence-electron chi connectivity index (χ0n) is 18.2. The van der Waals surface area contributed by atoms with Crippen molar-refractivity contribution < 1.29 is 28.7 Å². The molecule has 0 bridgehead atoms. The lowest BCUT2D eigenvalue weighted by Crippen LogP contribution is -2.48. The Balaban J connectivity index is 2.10. The van der Waals surface area contributed by atoms with E-state index in [4.69, 9.17) is 25.8 Å². The van der Waals surface area contributed by atoms with Crippen LogP contribution in [0.5, 0.6) is 5.75 Å². The SMILES string of the molecule is COCCOC(=O)C1=C(C)N(c2ccc(OC)cc2)C(=O)NC1c1ccc(Cl)c([N+](=O)[O-])c1. The van der Waals surface area contributed by atoms with E-state index in [1.165, 1.54) is 37.3 Å². The number of anilines is 1. The topological polar surface area (TPSA) is 120 Å². The summed E-state index contributed by atoms with van der Waals surface area (Å²) >= 11 is 5.93. The van der Waals surface area contributed by atoms with Crippen molar-refractivity contribution in [2.45, 2.75) is 13.0 Å². The number of esters is 1. The third-order valence-electron chi connectivity index (χ3n) is 5.06. The number of ether oxygens (including phenoxy) is 3. The monoisotopic (exact) mass is 475 g/mol. The predicted octanol–water partition coefficient (Wildman–Crippen LogP) is 3.99. The number of rotatable bonds is 8. The highest BCUT2D eigenvalue weighted by molar-refractivity contribution is 6.32. The number of carbonyl (C=O) groups excluding carboxylic acids is 2. The molecule has 2 aromatic carbocycles. The van der Waals surface area contributed by atoms with Gasteiger partial charge in [-0.2, -0.15) is 0 Å². The molecule has 0 saturated carbocycles. The number of hydrogen-bond acceptors (Lipinski definition) is 7. The summed E-state index contributed by atoms with van der Waals surface area (Å²) in [5.74, 6) is -0.0889. The van der Waals surface area contributed by atoms with Crippen LogP contribution < -0.4 is 15.0 Å². The summed E-state index contributed by atoms with van der Waals surface area (Å²) in [7, 11) is 3.00. The van der Waals surface area contributed by atoms with Crippen LogP contribution in [-0.4, -0.2) is 44.4 Å². The van der Waals surface area contributed by atoms with Crippen molar-refractivity contribution in [2.24, 2.45) is 0 Å². The number of amides is 2. The van der Waals surface area contributed by atoms with Crippen LogP contribution in [0.1, 0.15) is 18.5 Å². The lowest BCUT2D eigenvalue weighted by Gasteiger charge is -2.35. The average molecular weight is 476 g/mol. The fourth-order valence-corrected chi connectivity index (χ4v) is 3.63. The Morgan fingerprint density at radius 2 is 1.88 bits per heavy atom. The van der Waals surface area contributed by atoms with Crippen LogP contribution >= 0.6 is 11.6 Å². The Bertz CT molecular complexity index is 1100. The molecule has 2 amide bonds. The molecule has 1 aliphatic heterocycles. The second kappa shape index (κ2) is 10.3. The number of methoxy groups -OCH3 is 2. The quantitative estimate of drug-likeness (QED) is 0.265. The zero-order chi connectivity index (χ0) is 24.1. The molecule has 0 aromatic heterocycles. The van der Waals surface area contributed by atoms with Gasteiger partial charge in [-0.3, -0.25) is 15.0 Å². The number of hydrogen-bond donors (Lipinski definition) is 1. The molecule has 1 aliphatic rings. The maximum Gasteiger partial charge on any atom is 0.338 e. The summed E-state index contributed by atoms with van der Waals surface area (Å²) in [6.07, 6.45) is 0. The second-order valence-electron chi connectivity index (χ2n) is 7.01. The number of allylic oxidation sites excluding steroid dienone is 1. The number of nitrogens with one attached hydrogen (secondary N) is 1. The second-order valence-corrected chi connectivity index (χ2v) is 7.42. The summed E-state index contributed by atoms with van der Waals surface area (Å²) in [5, 5.41) is 14.1. The van der Waals surface area contributed by atoms with Gasteiger partial charge < -0.3 is 19.5 Å². The smallest absolute Gasteiger partial charge is 0.338 e.